The lowest BCUT2D eigenvalue weighted by Crippen LogP contribution is -2.63. The van der Waals surface area contributed by atoms with Crippen LogP contribution < -0.4 is 16.0 Å². The van der Waals surface area contributed by atoms with Gasteiger partial charge in [0.15, 0.2) is 0 Å². The number of phenolic OH excluding ortho intramolecular Hbond substituents is 2. The summed E-state index contributed by atoms with van der Waals surface area (Å²) in [6, 6.07) is 19.6. The summed E-state index contributed by atoms with van der Waals surface area (Å²) in [5, 5.41) is 28.0. The van der Waals surface area contributed by atoms with Crippen molar-refractivity contribution in [1.29, 1.82) is 0 Å². The van der Waals surface area contributed by atoms with E-state index in [0.717, 1.165) is 16.7 Å². The molecule has 0 radical (unpaired) electrons. The topological polar surface area (TPSA) is 157 Å². The van der Waals surface area contributed by atoms with Gasteiger partial charge in [-0.2, -0.15) is 0 Å². The highest BCUT2D eigenvalue weighted by atomic mass is 16.5. The number of rotatable bonds is 13. The monoisotopic (exact) mass is 602 g/mol. The number of carbonyl (C=O) groups excluding carboxylic acids is 4. The number of carbonyl (C=O) groups is 4. The molecule has 1 fully saturated rings. The van der Waals surface area contributed by atoms with Gasteiger partial charge in [0.1, 0.15) is 30.1 Å². The van der Waals surface area contributed by atoms with Crippen LogP contribution in [-0.2, 0) is 43.2 Å². The van der Waals surface area contributed by atoms with E-state index >= 15 is 0 Å². The van der Waals surface area contributed by atoms with Crippen molar-refractivity contribution < 1.29 is 34.1 Å². The summed E-state index contributed by atoms with van der Waals surface area (Å²) in [4.78, 5) is 54.5. The first-order chi connectivity index (χ1) is 21.2. The molecular formula is C33H38N4O7. The second-order valence-electron chi connectivity index (χ2n) is 10.6. The number of ether oxygens (including phenoxy) is 1. The zero-order chi connectivity index (χ0) is 31.5. The van der Waals surface area contributed by atoms with Gasteiger partial charge in [-0.1, -0.05) is 54.6 Å². The van der Waals surface area contributed by atoms with Gasteiger partial charge in [-0.25, -0.2) is 0 Å². The maximum Gasteiger partial charge on any atom is 0.325 e. The van der Waals surface area contributed by atoms with Crippen molar-refractivity contribution in [3.63, 3.8) is 0 Å². The highest BCUT2D eigenvalue weighted by molar-refractivity contribution is 5.94. The number of nitrogens with one attached hydrogen (secondary N) is 3. The Bertz CT molecular complexity index is 1410. The molecule has 0 spiro atoms. The van der Waals surface area contributed by atoms with Gasteiger partial charge in [0.05, 0.1) is 12.6 Å². The molecule has 0 bridgehead atoms. The van der Waals surface area contributed by atoms with Crippen LogP contribution in [0.15, 0.2) is 78.9 Å². The minimum Gasteiger partial charge on any atom is -0.508 e. The molecule has 0 saturated carbocycles. The zero-order valence-electron chi connectivity index (χ0n) is 24.6. The van der Waals surface area contributed by atoms with Crippen molar-refractivity contribution in [1.82, 2.24) is 20.9 Å². The molecule has 0 aromatic heterocycles. The molecule has 3 aromatic rings. The van der Waals surface area contributed by atoms with Gasteiger partial charge in [-0.3, -0.25) is 19.2 Å². The maximum absolute atomic E-state index is 14.0. The Hall–Kier alpha value is -4.90. The van der Waals surface area contributed by atoms with Crippen LogP contribution in [0.1, 0.15) is 23.6 Å². The van der Waals surface area contributed by atoms with Crippen LogP contribution in [0.4, 0.5) is 0 Å². The largest absolute Gasteiger partial charge is 0.508 e. The van der Waals surface area contributed by atoms with Gasteiger partial charge in [0.25, 0.3) is 0 Å². The fourth-order valence-electron chi connectivity index (χ4n) is 5.11. The molecule has 44 heavy (non-hydrogen) atoms. The van der Waals surface area contributed by atoms with Crippen molar-refractivity contribution in [3.05, 3.63) is 95.6 Å². The Balaban J connectivity index is 1.57. The number of esters is 1. The number of hydrogen-bond acceptors (Lipinski definition) is 8. The Morgan fingerprint density at radius 3 is 2.14 bits per heavy atom. The van der Waals surface area contributed by atoms with E-state index in [0.29, 0.717) is 13.0 Å². The van der Waals surface area contributed by atoms with E-state index < -0.39 is 35.9 Å². The number of hydrogen-bond donors (Lipinski definition) is 5. The molecule has 1 aliphatic heterocycles. The molecular weight excluding hydrogens is 564 g/mol. The number of amides is 3. The van der Waals surface area contributed by atoms with E-state index in [9.17, 15) is 29.4 Å². The zero-order valence-corrected chi connectivity index (χ0v) is 24.6. The molecule has 3 atom stereocenters. The third-order valence-corrected chi connectivity index (χ3v) is 7.37. The number of phenols is 2. The van der Waals surface area contributed by atoms with Crippen LogP contribution in [0.2, 0.25) is 0 Å². The van der Waals surface area contributed by atoms with Crippen LogP contribution in [0, 0.1) is 0 Å². The lowest BCUT2D eigenvalue weighted by molar-refractivity contribution is -0.145. The lowest BCUT2D eigenvalue weighted by Gasteiger charge is -2.38. The molecule has 1 saturated heterocycles. The predicted molar refractivity (Wildman–Crippen MR) is 163 cm³/mol. The van der Waals surface area contributed by atoms with Crippen LogP contribution >= 0.6 is 0 Å². The van der Waals surface area contributed by atoms with E-state index in [1.165, 1.54) is 17.0 Å². The van der Waals surface area contributed by atoms with E-state index in [4.69, 9.17) is 4.74 Å². The molecule has 232 valence electrons. The number of nitrogens with zero attached hydrogens (tertiary/aromatic N) is 1. The molecule has 5 N–H and O–H groups in total. The molecule has 11 nitrogen and oxygen atoms in total. The molecule has 4 rings (SSSR count). The van der Waals surface area contributed by atoms with Gasteiger partial charge in [-0.05, 0) is 54.3 Å². The van der Waals surface area contributed by atoms with Crippen molar-refractivity contribution in [2.24, 2.45) is 0 Å². The molecule has 0 unspecified atom stereocenters. The summed E-state index contributed by atoms with van der Waals surface area (Å²) >= 11 is 0. The summed E-state index contributed by atoms with van der Waals surface area (Å²) in [5.41, 5.74) is 2.36. The summed E-state index contributed by atoms with van der Waals surface area (Å²) in [6.07, 6.45) is 0.661. The summed E-state index contributed by atoms with van der Waals surface area (Å²) in [7, 11) is 0. The molecule has 3 aromatic carbocycles. The molecule has 1 aliphatic rings. The number of aromatic hydroxyl groups is 2. The van der Waals surface area contributed by atoms with Crippen LogP contribution in [0.25, 0.3) is 0 Å². The normalized spacial score (nSPS) is 16.1. The van der Waals surface area contributed by atoms with Crippen molar-refractivity contribution in [2.45, 2.75) is 44.3 Å². The van der Waals surface area contributed by atoms with Crippen LogP contribution in [0.3, 0.4) is 0 Å². The third-order valence-electron chi connectivity index (χ3n) is 7.37. The van der Waals surface area contributed by atoms with Crippen molar-refractivity contribution in [3.8, 4) is 11.5 Å². The Labute approximate surface area is 256 Å². The van der Waals surface area contributed by atoms with Gasteiger partial charge in [0, 0.05) is 25.9 Å². The van der Waals surface area contributed by atoms with Gasteiger partial charge in [-0.15, -0.1) is 0 Å². The molecule has 11 heteroatoms. The Morgan fingerprint density at radius 2 is 1.50 bits per heavy atom. The molecule has 0 aliphatic carbocycles. The van der Waals surface area contributed by atoms with Crippen LogP contribution in [0.5, 0.6) is 11.5 Å². The van der Waals surface area contributed by atoms with E-state index in [2.05, 4.69) is 16.0 Å². The Morgan fingerprint density at radius 1 is 0.886 bits per heavy atom. The van der Waals surface area contributed by atoms with E-state index in [1.54, 1.807) is 43.3 Å². The first-order valence-electron chi connectivity index (χ1n) is 14.6. The first kappa shape index (κ1) is 32.0. The maximum atomic E-state index is 14.0. The smallest absolute Gasteiger partial charge is 0.325 e. The SMILES string of the molecule is CCOC(=O)CNC(=O)[C@@H](Cc1ccccc1)NC(=O)[C@@H](Cc1ccc(O)cc1)N1CCN[C@H](Cc2ccc(O)cc2)C1=O. The standard InChI is InChI=1S/C33H38N4O7/c1-2-44-30(40)21-35-31(41)27(18-22-6-4-3-5-7-22)36-32(42)29(20-24-10-14-26(39)15-11-24)37-17-16-34-28(33(37)43)19-23-8-12-25(38)13-9-23/h3-15,27-29,34,38-39H,2,16-21H2,1H3,(H,35,41)(H,36,42)/t27-,28-,29-/m1/s1. The molecule has 1 heterocycles. The van der Waals surface area contributed by atoms with Gasteiger partial charge < -0.3 is 35.8 Å². The second-order valence-corrected chi connectivity index (χ2v) is 10.6. The number of benzene rings is 3. The summed E-state index contributed by atoms with van der Waals surface area (Å²) in [6.45, 7) is 2.20. The van der Waals surface area contributed by atoms with Crippen molar-refractivity contribution >= 4 is 23.7 Å². The number of piperazine rings is 1. The lowest BCUT2D eigenvalue weighted by atomic mass is 9.98. The average Bonchev–Trinajstić information content (AvgIpc) is 3.02. The van der Waals surface area contributed by atoms with Gasteiger partial charge in [0.2, 0.25) is 17.7 Å². The highest BCUT2D eigenvalue weighted by Crippen LogP contribution is 2.19. The quantitative estimate of drug-likeness (QED) is 0.184. The highest BCUT2D eigenvalue weighted by Gasteiger charge is 2.37. The average molecular weight is 603 g/mol. The first-order valence-corrected chi connectivity index (χ1v) is 14.6. The fraction of sp³-hybridized carbons (Fsp3) is 0.333. The Kier molecular flexibility index (Phi) is 11.3. The van der Waals surface area contributed by atoms with Crippen LogP contribution in [-0.4, -0.2) is 83.2 Å². The van der Waals surface area contributed by atoms with E-state index in [-0.39, 0.29) is 49.9 Å². The minimum atomic E-state index is -1.03. The second kappa shape index (κ2) is 15.5. The van der Waals surface area contributed by atoms with Crippen molar-refractivity contribution in [2.75, 3.05) is 26.2 Å². The fourth-order valence-corrected chi connectivity index (χ4v) is 5.11. The summed E-state index contributed by atoms with van der Waals surface area (Å²) < 4.78 is 4.91. The third kappa shape index (κ3) is 9.05. The van der Waals surface area contributed by atoms with E-state index in [1.807, 2.05) is 30.3 Å². The van der Waals surface area contributed by atoms with Gasteiger partial charge >= 0.3 is 5.97 Å². The molecule has 3 amide bonds. The summed E-state index contributed by atoms with van der Waals surface area (Å²) in [5.74, 6) is -1.75. The predicted octanol–water partition coefficient (Wildman–Crippen LogP) is 1.46. The minimum absolute atomic E-state index is 0.0724.